The van der Waals surface area contributed by atoms with Crippen LogP contribution in [0.2, 0.25) is 5.02 Å². The topological polar surface area (TPSA) is 71.5 Å². The van der Waals surface area contributed by atoms with Gasteiger partial charge in [0.2, 0.25) is 11.8 Å². The number of carbonyl (C=O) groups excluding carboxylic acids is 2. The van der Waals surface area contributed by atoms with Crippen LogP contribution in [0.5, 0.6) is 5.75 Å². The van der Waals surface area contributed by atoms with Crippen LogP contribution in [-0.2, 0) is 9.59 Å². The Labute approximate surface area is 208 Å². The highest BCUT2D eigenvalue weighted by Crippen LogP contribution is 2.44. The van der Waals surface area contributed by atoms with E-state index >= 15 is 0 Å². The van der Waals surface area contributed by atoms with Gasteiger partial charge >= 0.3 is 0 Å². The van der Waals surface area contributed by atoms with Crippen LogP contribution in [0.4, 0.5) is 0 Å². The number of aryl methyl sites for hydroxylation is 1. The number of carbonyl (C=O) groups is 2. The van der Waals surface area contributed by atoms with Crippen molar-refractivity contribution in [3.63, 3.8) is 0 Å². The largest absolute Gasteiger partial charge is 0.488 e. The lowest BCUT2D eigenvalue weighted by Gasteiger charge is -2.26. The molecule has 8 heteroatoms. The summed E-state index contributed by atoms with van der Waals surface area (Å²) in [7, 11) is 0. The highest BCUT2D eigenvalue weighted by molar-refractivity contribution is 7.19. The van der Waals surface area contributed by atoms with Gasteiger partial charge in [-0.3, -0.25) is 19.5 Å². The van der Waals surface area contributed by atoms with Crippen LogP contribution >= 0.6 is 22.9 Å². The predicted molar refractivity (Wildman–Crippen MR) is 135 cm³/mol. The SMILES string of the molecule is CCC(c1cc2nccc(-c3cc(Cl)cc(C)c3O[C@H]3CCCNC3)c2s1)N1C(=O)CCC1=O. The van der Waals surface area contributed by atoms with Crippen molar-refractivity contribution in [2.24, 2.45) is 0 Å². The number of benzene rings is 1. The van der Waals surface area contributed by atoms with E-state index < -0.39 is 0 Å². The number of hydrogen-bond donors (Lipinski definition) is 1. The Morgan fingerprint density at radius 2 is 2.03 bits per heavy atom. The molecule has 0 radical (unpaired) electrons. The molecule has 2 fully saturated rings. The minimum atomic E-state index is -0.264. The fourth-order valence-electron chi connectivity index (χ4n) is 4.96. The first-order valence-electron chi connectivity index (χ1n) is 11.9. The molecule has 0 saturated carbocycles. The summed E-state index contributed by atoms with van der Waals surface area (Å²) in [6.45, 7) is 5.88. The lowest BCUT2D eigenvalue weighted by molar-refractivity contribution is -0.141. The number of piperidine rings is 1. The maximum atomic E-state index is 12.4. The minimum Gasteiger partial charge on any atom is -0.488 e. The number of rotatable bonds is 6. The normalized spacial score (nSPS) is 19.7. The van der Waals surface area contributed by atoms with Gasteiger partial charge < -0.3 is 10.1 Å². The van der Waals surface area contributed by atoms with Gasteiger partial charge in [-0.05, 0) is 62.6 Å². The van der Waals surface area contributed by atoms with Crippen molar-refractivity contribution in [1.82, 2.24) is 15.2 Å². The van der Waals surface area contributed by atoms with Crippen LogP contribution in [0.25, 0.3) is 21.3 Å². The third kappa shape index (κ3) is 4.32. The van der Waals surface area contributed by atoms with Crippen molar-refractivity contribution < 1.29 is 14.3 Å². The highest BCUT2D eigenvalue weighted by atomic mass is 35.5. The number of amides is 2. The van der Waals surface area contributed by atoms with Crippen molar-refractivity contribution in [2.75, 3.05) is 13.1 Å². The molecular weight excluding hydrogens is 470 g/mol. The molecule has 2 aromatic heterocycles. The van der Waals surface area contributed by atoms with E-state index in [2.05, 4.69) is 10.3 Å². The van der Waals surface area contributed by atoms with Crippen LogP contribution in [0.1, 0.15) is 55.5 Å². The second kappa shape index (κ2) is 9.64. The second-order valence-electron chi connectivity index (χ2n) is 8.99. The summed E-state index contributed by atoms with van der Waals surface area (Å²) in [6, 6.07) is 7.64. The lowest BCUT2D eigenvalue weighted by atomic mass is 10.0. The molecule has 0 aliphatic carbocycles. The molecule has 34 heavy (non-hydrogen) atoms. The summed E-state index contributed by atoms with van der Waals surface area (Å²) in [5.41, 5.74) is 3.78. The third-order valence-corrected chi connectivity index (χ3v) is 8.09. The first-order chi connectivity index (χ1) is 16.5. The van der Waals surface area contributed by atoms with Crippen LogP contribution < -0.4 is 10.1 Å². The van der Waals surface area contributed by atoms with E-state index in [-0.39, 0.29) is 24.0 Å². The average molecular weight is 498 g/mol. The lowest BCUT2D eigenvalue weighted by Crippen LogP contribution is -2.37. The molecular formula is C26H28ClN3O3S. The molecule has 2 saturated heterocycles. The minimum absolute atomic E-state index is 0.0928. The number of halogens is 1. The first kappa shape index (κ1) is 23.3. The summed E-state index contributed by atoms with van der Waals surface area (Å²) >= 11 is 8.09. The molecule has 0 spiro atoms. The summed E-state index contributed by atoms with van der Waals surface area (Å²) in [5, 5.41) is 4.07. The number of nitrogens with zero attached hydrogens (tertiary/aromatic N) is 2. The first-order valence-corrected chi connectivity index (χ1v) is 13.1. The fourth-order valence-corrected chi connectivity index (χ4v) is 6.55. The van der Waals surface area contributed by atoms with E-state index in [9.17, 15) is 9.59 Å². The molecule has 3 aromatic rings. The summed E-state index contributed by atoms with van der Waals surface area (Å²) in [5.74, 6) is 0.659. The zero-order valence-electron chi connectivity index (χ0n) is 19.4. The van der Waals surface area contributed by atoms with Gasteiger partial charge in [-0.2, -0.15) is 0 Å². The number of likely N-dealkylation sites (tertiary alicyclic amines) is 1. The second-order valence-corrected chi connectivity index (χ2v) is 10.5. The maximum absolute atomic E-state index is 12.4. The molecule has 178 valence electrons. The van der Waals surface area contributed by atoms with Gasteiger partial charge in [0.1, 0.15) is 11.9 Å². The number of fused-ring (bicyclic) bond motifs is 1. The standard InChI is InChI=1S/C26H28ClN3O3S/c1-3-21(30-23(31)6-7-24(30)32)22-13-20-26(34-22)18(8-10-29-20)19-12-16(27)11-15(2)25(19)33-17-5-4-9-28-14-17/h8,10-13,17,21,28H,3-7,9,14H2,1-2H3/t17-,21?/m0/s1. The van der Waals surface area contributed by atoms with Crippen LogP contribution in [0, 0.1) is 6.92 Å². The zero-order valence-corrected chi connectivity index (χ0v) is 21.0. The van der Waals surface area contributed by atoms with Crippen molar-refractivity contribution in [3.05, 3.63) is 45.9 Å². The smallest absolute Gasteiger partial charge is 0.230 e. The van der Waals surface area contributed by atoms with E-state index in [0.717, 1.165) is 63.5 Å². The molecule has 1 unspecified atom stereocenters. The van der Waals surface area contributed by atoms with Gasteiger partial charge in [0.05, 0.1) is 16.3 Å². The molecule has 6 nitrogen and oxygen atoms in total. The molecule has 4 heterocycles. The number of thiophene rings is 1. The molecule has 0 bridgehead atoms. The quantitative estimate of drug-likeness (QED) is 0.445. The number of ether oxygens (including phenoxy) is 1. The Kier molecular flexibility index (Phi) is 6.60. The molecule has 2 aliphatic heterocycles. The Hall–Kier alpha value is -2.48. The summed E-state index contributed by atoms with van der Waals surface area (Å²) < 4.78 is 7.53. The monoisotopic (exact) mass is 497 g/mol. The molecule has 2 aliphatic rings. The van der Waals surface area contributed by atoms with Gasteiger partial charge in [-0.1, -0.05) is 18.5 Å². The molecule has 2 atom stereocenters. The predicted octanol–water partition coefficient (Wildman–Crippen LogP) is 5.66. The highest BCUT2D eigenvalue weighted by Gasteiger charge is 2.36. The number of nitrogens with one attached hydrogen (secondary N) is 1. The Morgan fingerprint density at radius 3 is 2.74 bits per heavy atom. The third-order valence-electron chi connectivity index (χ3n) is 6.61. The number of aromatic nitrogens is 1. The Morgan fingerprint density at radius 1 is 1.24 bits per heavy atom. The Bertz CT molecular complexity index is 1240. The van der Waals surface area contributed by atoms with E-state index in [1.54, 1.807) is 17.5 Å². The summed E-state index contributed by atoms with van der Waals surface area (Å²) in [4.78, 5) is 31.9. The van der Waals surface area contributed by atoms with Gasteiger partial charge in [0, 0.05) is 46.6 Å². The van der Waals surface area contributed by atoms with Crippen molar-refractivity contribution in [2.45, 2.75) is 58.1 Å². The summed E-state index contributed by atoms with van der Waals surface area (Å²) in [6.07, 6.45) is 5.26. The van der Waals surface area contributed by atoms with Crippen molar-refractivity contribution in [1.29, 1.82) is 0 Å². The van der Waals surface area contributed by atoms with Crippen molar-refractivity contribution in [3.8, 4) is 16.9 Å². The van der Waals surface area contributed by atoms with E-state index in [1.165, 1.54) is 4.90 Å². The van der Waals surface area contributed by atoms with Gasteiger partial charge in [0.25, 0.3) is 0 Å². The molecule has 1 N–H and O–H groups in total. The maximum Gasteiger partial charge on any atom is 0.230 e. The van der Waals surface area contributed by atoms with Gasteiger partial charge in [-0.15, -0.1) is 11.3 Å². The number of hydrogen-bond acceptors (Lipinski definition) is 6. The van der Waals surface area contributed by atoms with Crippen molar-refractivity contribution >= 4 is 45.0 Å². The average Bonchev–Trinajstić information content (AvgIpc) is 3.40. The fraction of sp³-hybridized carbons (Fsp3) is 0.423. The van der Waals surface area contributed by atoms with Crippen LogP contribution in [0.15, 0.2) is 30.5 Å². The van der Waals surface area contributed by atoms with Gasteiger partial charge in [-0.25, -0.2) is 0 Å². The molecule has 5 rings (SSSR count). The Balaban J connectivity index is 1.59. The molecule has 2 amide bonds. The zero-order chi connectivity index (χ0) is 23.8. The van der Waals surface area contributed by atoms with Crippen LogP contribution in [-0.4, -0.2) is 40.9 Å². The van der Waals surface area contributed by atoms with Crippen LogP contribution in [0.3, 0.4) is 0 Å². The van der Waals surface area contributed by atoms with E-state index in [0.29, 0.717) is 24.3 Å². The van der Waals surface area contributed by atoms with Gasteiger partial charge in [0.15, 0.2) is 0 Å². The number of pyridine rings is 1. The molecule has 1 aromatic carbocycles. The van der Waals surface area contributed by atoms with E-state index in [4.69, 9.17) is 16.3 Å². The number of imide groups is 1. The van der Waals surface area contributed by atoms with E-state index in [1.807, 2.05) is 38.1 Å².